The lowest BCUT2D eigenvalue weighted by atomic mass is 10.2. The molecule has 0 N–H and O–H groups in total. The summed E-state index contributed by atoms with van der Waals surface area (Å²) in [6, 6.07) is 7.94. The molecule has 1 fully saturated rings. The minimum absolute atomic E-state index is 0.00660. The minimum atomic E-state index is 0.00660. The molecule has 1 aromatic carbocycles. The molecule has 0 atom stereocenters. The quantitative estimate of drug-likeness (QED) is 0.809. The van der Waals surface area contributed by atoms with Gasteiger partial charge in [0.2, 0.25) is 0 Å². The molecule has 0 spiro atoms. The molecule has 0 bridgehead atoms. The van der Waals surface area contributed by atoms with E-state index < -0.39 is 0 Å². The van der Waals surface area contributed by atoms with Gasteiger partial charge in [-0.1, -0.05) is 15.9 Å². The maximum atomic E-state index is 12.4. The summed E-state index contributed by atoms with van der Waals surface area (Å²) < 4.78 is 1.71. The number of nitrogens with zero attached hydrogens (tertiary/aromatic N) is 2. The van der Waals surface area contributed by atoms with E-state index in [1.165, 1.54) is 0 Å². The second-order valence-corrected chi connectivity index (χ2v) is 6.03. The monoisotopic (exact) mass is 370 g/mol. The van der Waals surface area contributed by atoms with E-state index in [-0.39, 0.29) is 5.91 Å². The van der Waals surface area contributed by atoms with E-state index >= 15 is 0 Å². The molecule has 1 aliphatic carbocycles. The second-order valence-electron chi connectivity index (χ2n) is 4.26. The average Bonchev–Trinajstić information content (AvgIpc) is 3.13. The summed E-state index contributed by atoms with van der Waals surface area (Å²) in [5, 5.41) is 8.66. The van der Waals surface area contributed by atoms with Crippen molar-refractivity contribution in [2.75, 3.05) is 6.54 Å². The molecule has 3 nitrogen and oxygen atoms in total. The van der Waals surface area contributed by atoms with Crippen LogP contribution >= 0.6 is 31.9 Å². The van der Waals surface area contributed by atoms with Crippen molar-refractivity contribution in [3.63, 3.8) is 0 Å². The van der Waals surface area contributed by atoms with Gasteiger partial charge in [0.05, 0.1) is 18.1 Å². The lowest BCUT2D eigenvalue weighted by molar-refractivity contribution is 0.0746. The second kappa shape index (κ2) is 5.85. The van der Waals surface area contributed by atoms with Crippen LogP contribution in [0.2, 0.25) is 0 Å². The van der Waals surface area contributed by atoms with Gasteiger partial charge in [-0.25, -0.2) is 0 Å². The summed E-state index contributed by atoms with van der Waals surface area (Å²) in [5.41, 5.74) is 0.656. The molecule has 1 amide bonds. The van der Waals surface area contributed by atoms with Gasteiger partial charge in [-0.15, -0.1) is 0 Å². The van der Waals surface area contributed by atoms with Crippen LogP contribution in [-0.4, -0.2) is 23.4 Å². The fourth-order valence-electron chi connectivity index (χ4n) is 1.82. The number of nitriles is 1. The summed E-state index contributed by atoms with van der Waals surface area (Å²) in [7, 11) is 0. The SMILES string of the molecule is N#CCCN(C(=O)c1ccc(Br)cc1Br)C1CC1. The summed E-state index contributed by atoms with van der Waals surface area (Å²) in [6.07, 6.45) is 2.48. The molecule has 0 radical (unpaired) electrons. The van der Waals surface area contributed by atoms with Crippen molar-refractivity contribution >= 4 is 37.8 Å². The van der Waals surface area contributed by atoms with Crippen LogP contribution < -0.4 is 0 Å². The predicted octanol–water partition coefficient (Wildman–Crippen LogP) is 3.73. The number of carbonyl (C=O) groups excluding carboxylic acids is 1. The molecular weight excluding hydrogens is 360 g/mol. The van der Waals surface area contributed by atoms with Crippen molar-refractivity contribution in [1.29, 1.82) is 5.26 Å². The van der Waals surface area contributed by atoms with Gasteiger partial charge in [0.1, 0.15) is 0 Å². The van der Waals surface area contributed by atoms with Crippen LogP contribution in [0, 0.1) is 11.3 Å². The molecule has 1 aliphatic rings. The average molecular weight is 372 g/mol. The Morgan fingerprint density at radius 2 is 2.17 bits per heavy atom. The lowest BCUT2D eigenvalue weighted by Gasteiger charge is -2.21. The van der Waals surface area contributed by atoms with Gasteiger partial charge < -0.3 is 4.90 Å². The molecule has 0 heterocycles. The predicted molar refractivity (Wildman–Crippen MR) is 76.1 cm³/mol. The molecule has 94 valence electrons. The van der Waals surface area contributed by atoms with E-state index in [0.29, 0.717) is 24.6 Å². The Bertz CT molecular complexity index is 506. The first-order valence-electron chi connectivity index (χ1n) is 5.76. The summed E-state index contributed by atoms with van der Waals surface area (Å²) in [5.74, 6) is 0.00660. The lowest BCUT2D eigenvalue weighted by Crippen LogP contribution is -2.34. The Morgan fingerprint density at radius 1 is 1.44 bits per heavy atom. The van der Waals surface area contributed by atoms with Gasteiger partial charge in [0.25, 0.3) is 5.91 Å². The molecule has 18 heavy (non-hydrogen) atoms. The van der Waals surface area contributed by atoms with E-state index in [2.05, 4.69) is 37.9 Å². The van der Waals surface area contributed by atoms with Gasteiger partial charge in [0, 0.05) is 21.5 Å². The van der Waals surface area contributed by atoms with E-state index in [1.54, 1.807) is 6.07 Å². The number of halogens is 2. The molecule has 0 aliphatic heterocycles. The summed E-state index contributed by atoms with van der Waals surface area (Å²) in [6.45, 7) is 0.516. The summed E-state index contributed by atoms with van der Waals surface area (Å²) >= 11 is 6.78. The standard InChI is InChI=1S/C13H12Br2N2O/c14-9-2-5-11(12(15)8-9)13(18)17(7-1-6-16)10-3-4-10/h2,5,8,10H,1,3-4,7H2. The molecule has 0 unspecified atom stereocenters. The van der Waals surface area contributed by atoms with Crippen molar-refractivity contribution in [2.45, 2.75) is 25.3 Å². The Labute approximate surface area is 123 Å². The first-order chi connectivity index (χ1) is 8.63. The maximum absolute atomic E-state index is 12.4. The molecule has 2 rings (SSSR count). The molecule has 0 aromatic heterocycles. The first-order valence-corrected chi connectivity index (χ1v) is 7.35. The number of amides is 1. The van der Waals surface area contributed by atoms with Crippen LogP contribution in [0.15, 0.2) is 27.1 Å². The van der Waals surface area contributed by atoms with Crippen LogP contribution in [-0.2, 0) is 0 Å². The Balaban J connectivity index is 2.19. The van der Waals surface area contributed by atoms with Crippen LogP contribution in [0.5, 0.6) is 0 Å². The fourth-order valence-corrected chi connectivity index (χ4v) is 3.04. The number of benzene rings is 1. The number of hydrogen-bond acceptors (Lipinski definition) is 2. The Morgan fingerprint density at radius 3 is 2.72 bits per heavy atom. The zero-order chi connectivity index (χ0) is 13.1. The van der Waals surface area contributed by atoms with Gasteiger partial charge >= 0.3 is 0 Å². The fraction of sp³-hybridized carbons (Fsp3) is 0.385. The van der Waals surface area contributed by atoms with Gasteiger partial charge in [0.15, 0.2) is 0 Å². The largest absolute Gasteiger partial charge is 0.335 e. The van der Waals surface area contributed by atoms with Crippen LogP contribution in [0.1, 0.15) is 29.6 Å². The zero-order valence-corrected chi connectivity index (χ0v) is 12.9. The van der Waals surface area contributed by atoms with Crippen LogP contribution in [0.3, 0.4) is 0 Å². The number of hydrogen-bond donors (Lipinski definition) is 0. The zero-order valence-electron chi connectivity index (χ0n) is 9.70. The van der Waals surface area contributed by atoms with Crippen molar-refractivity contribution < 1.29 is 4.79 Å². The normalized spacial score (nSPS) is 14.1. The topological polar surface area (TPSA) is 44.1 Å². The van der Waals surface area contributed by atoms with Gasteiger partial charge in [-0.3, -0.25) is 4.79 Å². The molecule has 0 saturated heterocycles. The molecule has 1 saturated carbocycles. The highest BCUT2D eigenvalue weighted by Gasteiger charge is 2.33. The van der Waals surface area contributed by atoms with Gasteiger partial charge in [-0.2, -0.15) is 5.26 Å². The van der Waals surface area contributed by atoms with Crippen LogP contribution in [0.25, 0.3) is 0 Å². The van der Waals surface area contributed by atoms with Crippen molar-refractivity contribution in [1.82, 2.24) is 4.90 Å². The van der Waals surface area contributed by atoms with E-state index in [0.717, 1.165) is 21.8 Å². The van der Waals surface area contributed by atoms with E-state index in [1.807, 2.05) is 17.0 Å². The third kappa shape index (κ3) is 3.12. The first kappa shape index (κ1) is 13.6. The van der Waals surface area contributed by atoms with E-state index in [4.69, 9.17) is 5.26 Å². The maximum Gasteiger partial charge on any atom is 0.255 e. The third-order valence-corrected chi connectivity index (χ3v) is 4.02. The summed E-state index contributed by atoms with van der Waals surface area (Å²) in [4.78, 5) is 14.3. The van der Waals surface area contributed by atoms with Crippen molar-refractivity contribution in [3.8, 4) is 6.07 Å². The van der Waals surface area contributed by atoms with Crippen LogP contribution in [0.4, 0.5) is 0 Å². The highest BCUT2D eigenvalue weighted by atomic mass is 79.9. The Kier molecular flexibility index (Phi) is 4.41. The number of carbonyl (C=O) groups is 1. The number of rotatable bonds is 4. The van der Waals surface area contributed by atoms with Gasteiger partial charge in [-0.05, 0) is 47.0 Å². The smallest absolute Gasteiger partial charge is 0.255 e. The van der Waals surface area contributed by atoms with Crippen molar-refractivity contribution in [2.24, 2.45) is 0 Å². The van der Waals surface area contributed by atoms with E-state index in [9.17, 15) is 4.79 Å². The minimum Gasteiger partial charge on any atom is -0.335 e. The highest BCUT2D eigenvalue weighted by Crippen LogP contribution is 2.30. The molecule has 1 aromatic rings. The van der Waals surface area contributed by atoms with Crippen molar-refractivity contribution in [3.05, 3.63) is 32.7 Å². The highest BCUT2D eigenvalue weighted by molar-refractivity contribution is 9.11. The molecule has 5 heteroatoms. The molecular formula is C13H12Br2N2O. The third-order valence-electron chi connectivity index (χ3n) is 2.87. The Hall–Kier alpha value is -0.860.